The number of rotatable bonds is 6. The van der Waals surface area contributed by atoms with E-state index in [1.54, 1.807) is 6.08 Å². The molecule has 4 heteroatoms. The number of benzene rings is 1. The highest BCUT2D eigenvalue weighted by molar-refractivity contribution is 5.79. The van der Waals surface area contributed by atoms with Gasteiger partial charge in [0.05, 0.1) is 6.61 Å². The normalized spacial score (nSPS) is 10.8. The second-order valence-corrected chi connectivity index (χ2v) is 3.35. The van der Waals surface area contributed by atoms with Gasteiger partial charge in [0.2, 0.25) is 0 Å². The van der Waals surface area contributed by atoms with E-state index in [0.717, 1.165) is 17.2 Å². The van der Waals surface area contributed by atoms with Gasteiger partial charge in [-0.2, -0.15) is 0 Å². The van der Waals surface area contributed by atoms with E-state index >= 15 is 0 Å². The fraction of sp³-hybridized carbons (Fsp3) is 0.250. The van der Waals surface area contributed by atoms with E-state index in [1.807, 2.05) is 24.3 Å². The Kier molecular flexibility index (Phi) is 5.25. The number of hydrogen-bond donors (Lipinski definition) is 3. The summed E-state index contributed by atoms with van der Waals surface area (Å²) in [6.07, 6.45) is 2.67. The number of aliphatic carboxylic acids is 1. The van der Waals surface area contributed by atoms with Crippen LogP contribution in [-0.2, 0) is 17.9 Å². The minimum atomic E-state index is -0.936. The van der Waals surface area contributed by atoms with Crippen molar-refractivity contribution in [2.45, 2.75) is 13.2 Å². The standard InChI is InChI=1S/C12H15NO3/c14-9-11-5-3-10(4-6-11)8-13-7-1-2-12(15)16/h1-6,13-14H,7-9H2,(H,15,16)/b2-1+. The summed E-state index contributed by atoms with van der Waals surface area (Å²) < 4.78 is 0. The monoisotopic (exact) mass is 221 g/mol. The quantitative estimate of drug-likeness (QED) is 0.493. The summed E-state index contributed by atoms with van der Waals surface area (Å²) in [5, 5.41) is 20.3. The minimum absolute atomic E-state index is 0.0507. The predicted octanol–water partition coefficient (Wildman–Crippen LogP) is 0.909. The number of hydrogen-bond acceptors (Lipinski definition) is 3. The molecule has 1 aromatic rings. The number of carboxylic acids is 1. The number of carbonyl (C=O) groups is 1. The van der Waals surface area contributed by atoms with Crippen molar-refractivity contribution >= 4 is 5.97 Å². The summed E-state index contributed by atoms with van der Waals surface area (Å²) in [7, 11) is 0. The molecule has 0 aliphatic rings. The van der Waals surface area contributed by atoms with E-state index in [-0.39, 0.29) is 6.61 Å². The first kappa shape index (κ1) is 12.4. The maximum atomic E-state index is 10.2. The van der Waals surface area contributed by atoms with Crippen LogP contribution in [-0.4, -0.2) is 22.7 Å². The Balaban J connectivity index is 2.29. The molecule has 1 rings (SSSR count). The van der Waals surface area contributed by atoms with E-state index in [2.05, 4.69) is 5.32 Å². The number of aliphatic hydroxyl groups excluding tert-OH is 1. The van der Waals surface area contributed by atoms with Crippen LogP contribution in [0.25, 0.3) is 0 Å². The lowest BCUT2D eigenvalue weighted by Gasteiger charge is -2.02. The summed E-state index contributed by atoms with van der Waals surface area (Å²) in [5.74, 6) is -0.936. The van der Waals surface area contributed by atoms with Crippen LogP contribution in [0.4, 0.5) is 0 Å². The molecule has 0 aromatic heterocycles. The van der Waals surface area contributed by atoms with Gasteiger partial charge in [-0.15, -0.1) is 0 Å². The highest BCUT2D eigenvalue weighted by Crippen LogP contribution is 2.03. The van der Waals surface area contributed by atoms with E-state index in [4.69, 9.17) is 10.2 Å². The van der Waals surface area contributed by atoms with Crippen molar-refractivity contribution in [2.24, 2.45) is 0 Å². The van der Waals surface area contributed by atoms with E-state index in [1.165, 1.54) is 0 Å². The van der Waals surface area contributed by atoms with Gasteiger partial charge in [-0.3, -0.25) is 0 Å². The van der Waals surface area contributed by atoms with Crippen molar-refractivity contribution in [3.8, 4) is 0 Å². The first-order chi connectivity index (χ1) is 7.72. The SMILES string of the molecule is O=C(O)/C=C/CNCc1ccc(CO)cc1. The van der Waals surface area contributed by atoms with Crippen LogP contribution < -0.4 is 5.32 Å². The Morgan fingerprint density at radius 2 is 1.88 bits per heavy atom. The van der Waals surface area contributed by atoms with Crippen LogP contribution in [0.5, 0.6) is 0 Å². The van der Waals surface area contributed by atoms with Crippen LogP contribution >= 0.6 is 0 Å². The second kappa shape index (κ2) is 6.76. The lowest BCUT2D eigenvalue weighted by Crippen LogP contribution is -2.13. The number of carboxylic acid groups (broad SMARTS) is 1. The number of aliphatic hydroxyl groups is 1. The summed E-state index contributed by atoms with van der Waals surface area (Å²) in [5.41, 5.74) is 1.98. The summed E-state index contributed by atoms with van der Waals surface area (Å²) in [6.45, 7) is 1.25. The van der Waals surface area contributed by atoms with E-state index < -0.39 is 5.97 Å². The van der Waals surface area contributed by atoms with Gasteiger partial charge in [-0.25, -0.2) is 4.79 Å². The lowest BCUT2D eigenvalue weighted by atomic mass is 10.1. The molecule has 0 unspecified atom stereocenters. The molecule has 4 nitrogen and oxygen atoms in total. The van der Waals surface area contributed by atoms with Gasteiger partial charge in [0, 0.05) is 19.2 Å². The van der Waals surface area contributed by atoms with Crippen molar-refractivity contribution in [1.82, 2.24) is 5.32 Å². The van der Waals surface area contributed by atoms with Gasteiger partial charge in [0.1, 0.15) is 0 Å². The largest absolute Gasteiger partial charge is 0.478 e. The topological polar surface area (TPSA) is 69.6 Å². The first-order valence-corrected chi connectivity index (χ1v) is 5.01. The molecule has 0 amide bonds. The fourth-order valence-corrected chi connectivity index (χ4v) is 1.22. The molecular formula is C12H15NO3. The maximum Gasteiger partial charge on any atom is 0.328 e. The third-order valence-corrected chi connectivity index (χ3v) is 2.06. The molecule has 0 aliphatic heterocycles. The van der Waals surface area contributed by atoms with Crippen molar-refractivity contribution in [2.75, 3.05) is 6.54 Å². The molecule has 86 valence electrons. The molecule has 0 heterocycles. The minimum Gasteiger partial charge on any atom is -0.478 e. The molecule has 0 atom stereocenters. The van der Waals surface area contributed by atoms with Gasteiger partial charge < -0.3 is 15.5 Å². The third-order valence-electron chi connectivity index (χ3n) is 2.06. The molecule has 0 saturated carbocycles. The molecular weight excluding hydrogens is 206 g/mol. The van der Waals surface area contributed by atoms with E-state index in [9.17, 15) is 4.79 Å². The Labute approximate surface area is 94.2 Å². The van der Waals surface area contributed by atoms with Crippen molar-refractivity contribution in [3.05, 3.63) is 47.5 Å². The van der Waals surface area contributed by atoms with Crippen molar-refractivity contribution in [1.29, 1.82) is 0 Å². The maximum absolute atomic E-state index is 10.2. The average Bonchev–Trinajstić information content (AvgIpc) is 2.29. The van der Waals surface area contributed by atoms with Gasteiger partial charge in [-0.1, -0.05) is 30.3 Å². The molecule has 1 aromatic carbocycles. The number of nitrogens with one attached hydrogen (secondary N) is 1. The summed E-state index contributed by atoms with van der Waals surface area (Å²) in [4.78, 5) is 10.2. The zero-order chi connectivity index (χ0) is 11.8. The zero-order valence-electron chi connectivity index (χ0n) is 8.89. The Morgan fingerprint density at radius 1 is 1.25 bits per heavy atom. The second-order valence-electron chi connectivity index (χ2n) is 3.35. The van der Waals surface area contributed by atoms with Gasteiger partial charge in [-0.05, 0) is 11.1 Å². The molecule has 0 bridgehead atoms. The van der Waals surface area contributed by atoms with Crippen LogP contribution in [0.2, 0.25) is 0 Å². The van der Waals surface area contributed by atoms with Crippen molar-refractivity contribution < 1.29 is 15.0 Å². The molecule has 16 heavy (non-hydrogen) atoms. The summed E-state index contributed by atoms with van der Waals surface area (Å²) >= 11 is 0. The molecule has 0 spiro atoms. The Bertz CT molecular complexity index is 357. The molecule has 0 aliphatic carbocycles. The average molecular weight is 221 g/mol. The van der Waals surface area contributed by atoms with Gasteiger partial charge in [0.25, 0.3) is 0 Å². The Hall–Kier alpha value is -1.65. The first-order valence-electron chi connectivity index (χ1n) is 5.01. The molecule has 3 N–H and O–H groups in total. The van der Waals surface area contributed by atoms with Crippen LogP contribution in [0.3, 0.4) is 0 Å². The van der Waals surface area contributed by atoms with Crippen LogP contribution in [0.15, 0.2) is 36.4 Å². The third kappa shape index (κ3) is 4.72. The molecule has 0 saturated heterocycles. The van der Waals surface area contributed by atoms with Crippen LogP contribution in [0.1, 0.15) is 11.1 Å². The zero-order valence-corrected chi connectivity index (χ0v) is 8.89. The fourth-order valence-electron chi connectivity index (χ4n) is 1.22. The molecule has 0 radical (unpaired) electrons. The smallest absolute Gasteiger partial charge is 0.328 e. The predicted molar refractivity (Wildman–Crippen MR) is 60.8 cm³/mol. The molecule has 0 fully saturated rings. The van der Waals surface area contributed by atoms with Crippen molar-refractivity contribution in [3.63, 3.8) is 0 Å². The van der Waals surface area contributed by atoms with E-state index in [0.29, 0.717) is 13.1 Å². The van der Waals surface area contributed by atoms with Gasteiger partial charge in [0.15, 0.2) is 0 Å². The van der Waals surface area contributed by atoms with Crippen LogP contribution in [0, 0.1) is 0 Å². The highest BCUT2D eigenvalue weighted by atomic mass is 16.4. The van der Waals surface area contributed by atoms with Gasteiger partial charge >= 0.3 is 5.97 Å². The highest BCUT2D eigenvalue weighted by Gasteiger charge is 1.93. The lowest BCUT2D eigenvalue weighted by molar-refractivity contribution is -0.131. The summed E-state index contributed by atoms with van der Waals surface area (Å²) in [6, 6.07) is 7.59. The Morgan fingerprint density at radius 3 is 2.44 bits per heavy atom.